The number of aromatic amines is 1. The molecule has 7 aromatic rings. The Labute approximate surface area is 480 Å². The molecule has 2 fully saturated rings. The largest absolute Gasteiger partial charge is 0.491 e. The fourth-order valence-electron chi connectivity index (χ4n) is 10.5. The van der Waals surface area contributed by atoms with Gasteiger partial charge < -0.3 is 44.2 Å². The van der Waals surface area contributed by atoms with Gasteiger partial charge in [-0.15, -0.1) is 11.3 Å². The number of likely N-dealkylation sites (tertiary alicyclic amines) is 1. The van der Waals surface area contributed by atoms with Crippen molar-refractivity contribution in [3.05, 3.63) is 148 Å². The molecule has 3 aliphatic heterocycles. The number of β-amino-alcohol motifs (C(OH)–C–C–N with tert-alkyl or cyclic N) is 1. The molecule has 0 unspecified atom stereocenters. The maximum atomic E-state index is 15.8. The smallest absolute Gasteiger partial charge is 0.301 e. The van der Waals surface area contributed by atoms with E-state index in [1.54, 1.807) is 59.1 Å². The lowest BCUT2D eigenvalue weighted by atomic mass is 10.00. The molecule has 0 saturated carbocycles. The standard InChI is InChI=1S/C59H61F3N8O11S2/c1-34(2)53(70-30-39-6-4-5-7-44(39)58(70)74)59(75)69-32-42(71)26-49(69)57(73)65-27-38-9-8-37(55-35(3)66-33-82-55)25-50(38)81-23-21-79-19-18-78-20-22-80-43-12-10-36(11-13-43)40-24-45-46(29-64-56(45)63-28-40)54(72)51-47(61)14-15-48(52(51)62)67-83(76,77)68-17-16-41(60)31-68/h4-15,24-25,28-29,33-34,41-42,49,53,67,71H,16-23,26-27,30-32H2,1-3H3,(H,63,64)(H,65,73)/t41-,42-,49+,53+/m1/s1. The second-order valence-electron chi connectivity index (χ2n) is 20.7. The number of amides is 3. The van der Waals surface area contributed by atoms with E-state index in [-0.39, 0.29) is 113 Å². The molecule has 0 aliphatic carbocycles. The number of H-pyrrole nitrogens is 1. The number of halogens is 3. The average Bonchev–Trinajstić information content (AvgIpc) is 4.45. The van der Waals surface area contributed by atoms with Crippen LogP contribution in [0.4, 0.5) is 18.9 Å². The van der Waals surface area contributed by atoms with E-state index in [0.717, 1.165) is 38.1 Å². The number of rotatable bonds is 24. The molecule has 0 radical (unpaired) electrons. The Morgan fingerprint density at radius 2 is 1.63 bits per heavy atom. The number of ether oxygens (including phenoxy) is 4. The van der Waals surface area contributed by atoms with E-state index >= 15 is 8.78 Å². The summed E-state index contributed by atoms with van der Waals surface area (Å²) in [5.41, 5.74) is 5.41. The Kier molecular flexibility index (Phi) is 17.9. The number of hydrogen-bond acceptors (Lipinski definition) is 14. The third-order valence-corrected chi connectivity index (χ3v) is 17.2. The molecule has 4 aromatic carbocycles. The minimum atomic E-state index is -4.39. The highest BCUT2D eigenvalue weighted by Crippen LogP contribution is 2.35. The highest BCUT2D eigenvalue weighted by molar-refractivity contribution is 7.90. The molecule has 2 saturated heterocycles. The number of carbonyl (C=O) groups is 4. The average molecular weight is 1180 g/mol. The van der Waals surface area contributed by atoms with Crippen LogP contribution in [0.5, 0.6) is 11.5 Å². The van der Waals surface area contributed by atoms with Gasteiger partial charge in [-0.1, -0.05) is 56.3 Å². The van der Waals surface area contributed by atoms with Crippen LogP contribution in [0.2, 0.25) is 0 Å². The number of aryl methyl sites for hydroxylation is 1. The van der Waals surface area contributed by atoms with Crippen LogP contribution >= 0.6 is 11.3 Å². The number of aliphatic hydroxyl groups excluding tert-OH is 1. The first-order valence-electron chi connectivity index (χ1n) is 27.1. The van der Waals surface area contributed by atoms with Gasteiger partial charge >= 0.3 is 10.2 Å². The molecule has 436 valence electrons. The number of hydrogen-bond donors (Lipinski definition) is 4. The normalized spacial score (nSPS) is 17.6. The molecule has 0 spiro atoms. The zero-order valence-electron chi connectivity index (χ0n) is 45.6. The van der Waals surface area contributed by atoms with Crippen LogP contribution in [-0.4, -0.2) is 150 Å². The number of thiazole rings is 1. The first-order valence-corrected chi connectivity index (χ1v) is 29.4. The summed E-state index contributed by atoms with van der Waals surface area (Å²) in [4.78, 5) is 71.0. The van der Waals surface area contributed by atoms with Gasteiger partial charge in [0, 0.05) is 79.2 Å². The molecule has 4 N–H and O–H groups in total. The SMILES string of the molecule is Cc1ncsc1-c1ccc(CNC(=O)[C@@H]2C[C@@H](O)CN2C(=O)[C@H](C(C)C)N2Cc3ccccc3C2=O)c(OCCOCCOCCOc2ccc(-c3cnc4[nH]cc(C(=O)c5c(F)ccc(NS(=O)(=O)N6CC[C@@H](F)C6)c5F)c4c3)cc2)c1. The van der Waals surface area contributed by atoms with Crippen molar-refractivity contribution in [2.24, 2.45) is 5.92 Å². The van der Waals surface area contributed by atoms with E-state index in [9.17, 15) is 37.1 Å². The second kappa shape index (κ2) is 25.4. The minimum absolute atomic E-state index is 0.0173. The lowest BCUT2D eigenvalue weighted by molar-refractivity contribution is -0.143. The van der Waals surface area contributed by atoms with Gasteiger partial charge in [0.1, 0.15) is 54.4 Å². The number of aliphatic hydroxyl groups is 1. The van der Waals surface area contributed by atoms with E-state index in [1.807, 2.05) is 55.8 Å². The summed E-state index contributed by atoms with van der Waals surface area (Å²) in [6.07, 6.45) is 0.589. The molecule has 10 rings (SSSR count). The van der Waals surface area contributed by atoms with Crippen LogP contribution in [0.25, 0.3) is 32.6 Å². The summed E-state index contributed by atoms with van der Waals surface area (Å²) in [7, 11) is -4.39. The predicted molar refractivity (Wildman–Crippen MR) is 303 cm³/mol. The van der Waals surface area contributed by atoms with Gasteiger partial charge in [0.05, 0.1) is 59.9 Å². The van der Waals surface area contributed by atoms with E-state index < -0.39 is 75.7 Å². The highest BCUT2D eigenvalue weighted by atomic mass is 32.2. The van der Waals surface area contributed by atoms with Gasteiger partial charge in [-0.05, 0) is 78.4 Å². The Morgan fingerprint density at radius 3 is 2.34 bits per heavy atom. The number of pyridine rings is 1. The van der Waals surface area contributed by atoms with Crippen LogP contribution < -0.4 is 19.5 Å². The van der Waals surface area contributed by atoms with Crippen molar-refractivity contribution in [3.63, 3.8) is 0 Å². The Bertz CT molecular complexity index is 3660. The Morgan fingerprint density at radius 1 is 0.892 bits per heavy atom. The lowest BCUT2D eigenvalue weighted by Gasteiger charge is -2.35. The fraction of sp³-hybridized carbons (Fsp3) is 0.356. The number of aromatic nitrogens is 3. The van der Waals surface area contributed by atoms with E-state index in [2.05, 4.69) is 20.3 Å². The van der Waals surface area contributed by atoms with Crippen molar-refractivity contribution >= 4 is 61.8 Å². The summed E-state index contributed by atoms with van der Waals surface area (Å²) in [5, 5.41) is 14.0. The monoisotopic (exact) mass is 1180 g/mol. The third kappa shape index (κ3) is 12.9. The van der Waals surface area contributed by atoms with Gasteiger partial charge in [0.15, 0.2) is 5.82 Å². The number of alkyl halides is 1. The first-order chi connectivity index (χ1) is 39.9. The topological polar surface area (TPSA) is 235 Å². The molecule has 3 aromatic heterocycles. The number of benzene rings is 4. The lowest BCUT2D eigenvalue weighted by Crippen LogP contribution is -2.55. The molecule has 3 aliphatic rings. The van der Waals surface area contributed by atoms with Crippen LogP contribution in [0.15, 0.2) is 103 Å². The van der Waals surface area contributed by atoms with Crippen molar-refractivity contribution in [1.29, 1.82) is 0 Å². The maximum absolute atomic E-state index is 15.8. The number of nitrogens with zero attached hydrogens (tertiary/aromatic N) is 5. The fourth-order valence-corrected chi connectivity index (χ4v) is 12.6. The zero-order chi connectivity index (χ0) is 58.5. The molecule has 24 heteroatoms. The van der Waals surface area contributed by atoms with Crippen molar-refractivity contribution < 1.29 is 64.8 Å². The van der Waals surface area contributed by atoms with Crippen molar-refractivity contribution in [2.45, 2.75) is 71.1 Å². The van der Waals surface area contributed by atoms with E-state index in [1.165, 1.54) is 22.4 Å². The number of fused-ring (bicyclic) bond motifs is 2. The quantitative estimate of drug-likeness (QED) is 0.0337. The van der Waals surface area contributed by atoms with Gasteiger partial charge in [0.2, 0.25) is 17.6 Å². The minimum Gasteiger partial charge on any atom is -0.491 e. The summed E-state index contributed by atoms with van der Waals surface area (Å²) >= 11 is 1.50. The number of anilines is 1. The van der Waals surface area contributed by atoms with E-state index in [0.29, 0.717) is 33.8 Å². The Balaban J connectivity index is 0.681. The van der Waals surface area contributed by atoms with Gasteiger partial charge in [-0.25, -0.2) is 23.1 Å². The molecule has 4 atom stereocenters. The summed E-state index contributed by atoms with van der Waals surface area (Å²) in [6.45, 7) is 6.89. The number of carbonyl (C=O) groups excluding carboxylic acids is 4. The van der Waals surface area contributed by atoms with Gasteiger partial charge in [-0.2, -0.15) is 12.7 Å². The molecule has 0 bridgehead atoms. The second-order valence-corrected chi connectivity index (χ2v) is 23.2. The Hall–Kier alpha value is -7.74. The zero-order valence-corrected chi connectivity index (χ0v) is 47.2. The summed E-state index contributed by atoms with van der Waals surface area (Å²) in [6, 6.07) is 21.5. The molecular formula is C59H61F3N8O11S2. The summed E-state index contributed by atoms with van der Waals surface area (Å²) in [5.74, 6) is -3.92. The molecule has 6 heterocycles. The van der Waals surface area contributed by atoms with Crippen LogP contribution in [0.1, 0.15) is 69.8 Å². The number of nitrogens with one attached hydrogen (secondary N) is 3. The summed E-state index contributed by atoms with van der Waals surface area (Å²) < 4.78 is 96.8. The van der Waals surface area contributed by atoms with Crippen molar-refractivity contribution in [3.8, 4) is 33.1 Å². The van der Waals surface area contributed by atoms with Gasteiger partial charge in [-0.3, -0.25) is 23.9 Å². The van der Waals surface area contributed by atoms with Gasteiger partial charge in [0.25, 0.3) is 5.91 Å². The van der Waals surface area contributed by atoms with Crippen molar-refractivity contribution in [2.75, 3.05) is 64.0 Å². The van der Waals surface area contributed by atoms with Crippen LogP contribution in [-0.2, 0) is 42.4 Å². The first kappa shape index (κ1) is 58.5. The predicted octanol–water partition coefficient (Wildman–Crippen LogP) is 7.62. The van der Waals surface area contributed by atoms with Crippen LogP contribution in [0.3, 0.4) is 0 Å². The van der Waals surface area contributed by atoms with Crippen LogP contribution in [0, 0.1) is 24.5 Å². The molecule has 3 amide bonds. The number of ketones is 1. The molecular weight excluding hydrogens is 1120 g/mol. The molecule has 19 nitrogen and oxygen atoms in total. The maximum Gasteiger partial charge on any atom is 0.301 e. The third-order valence-electron chi connectivity index (χ3n) is 14.8. The van der Waals surface area contributed by atoms with E-state index in [4.69, 9.17) is 18.9 Å². The molecule has 83 heavy (non-hydrogen) atoms. The highest BCUT2D eigenvalue weighted by Gasteiger charge is 2.46. The van der Waals surface area contributed by atoms with Crippen molar-refractivity contribution in [1.82, 2.24) is 34.4 Å².